The summed E-state index contributed by atoms with van der Waals surface area (Å²) in [6.45, 7) is 3.30. The van der Waals surface area contributed by atoms with Gasteiger partial charge in [-0.15, -0.1) is 11.3 Å². The van der Waals surface area contributed by atoms with Gasteiger partial charge in [0.05, 0.1) is 16.1 Å². The molecule has 1 heterocycles. The van der Waals surface area contributed by atoms with Gasteiger partial charge in [0.2, 0.25) is 0 Å². The fraction of sp³-hybridized carbons (Fsp3) is 0.316. The number of rotatable bonds is 7. The highest BCUT2D eigenvalue weighted by Gasteiger charge is 2.33. The Kier molecular flexibility index (Phi) is 6.61. The van der Waals surface area contributed by atoms with Crippen LogP contribution in [0.3, 0.4) is 0 Å². The van der Waals surface area contributed by atoms with Crippen molar-refractivity contribution in [2.45, 2.75) is 30.5 Å². The highest BCUT2D eigenvalue weighted by Crippen LogP contribution is 2.38. The maximum Gasteiger partial charge on any atom is 0.417 e. The Morgan fingerprint density at radius 1 is 1.14 bits per heavy atom. The molecule has 29 heavy (non-hydrogen) atoms. The lowest BCUT2D eigenvalue weighted by Crippen LogP contribution is -2.27. The summed E-state index contributed by atoms with van der Waals surface area (Å²) in [5.41, 5.74) is -1.25. The van der Waals surface area contributed by atoms with Crippen LogP contribution in [0, 0.1) is 0 Å². The number of alkyl halides is 3. The van der Waals surface area contributed by atoms with Crippen molar-refractivity contribution >= 4 is 33.0 Å². The van der Waals surface area contributed by atoms with E-state index in [1.807, 2.05) is 0 Å². The van der Waals surface area contributed by atoms with Gasteiger partial charge in [-0.25, -0.2) is 8.42 Å². The largest absolute Gasteiger partial charge is 0.443 e. The minimum Gasteiger partial charge on any atom is -0.443 e. The molecule has 0 bridgehead atoms. The fourth-order valence-electron chi connectivity index (χ4n) is 2.52. The van der Waals surface area contributed by atoms with Crippen LogP contribution in [0.1, 0.15) is 25.0 Å². The van der Waals surface area contributed by atoms with Gasteiger partial charge in [0.15, 0.2) is 26.9 Å². The van der Waals surface area contributed by atoms with E-state index in [-0.39, 0.29) is 21.3 Å². The molecule has 0 aliphatic rings. The molecule has 158 valence electrons. The third-order valence-electron chi connectivity index (χ3n) is 4.15. The number of aldehydes is 1. The van der Waals surface area contributed by atoms with Gasteiger partial charge in [-0.3, -0.25) is 4.79 Å². The molecule has 5 nitrogen and oxygen atoms in total. The summed E-state index contributed by atoms with van der Waals surface area (Å²) < 4.78 is 72.7. The molecule has 1 aromatic carbocycles. The molecule has 2 aromatic rings. The second kappa shape index (κ2) is 8.29. The summed E-state index contributed by atoms with van der Waals surface area (Å²) in [5, 5.41) is 0.774. The number of methoxy groups -OCH3 is 1. The summed E-state index contributed by atoms with van der Waals surface area (Å²) >= 11 is 0.701. The summed E-state index contributed by atoms with van der Waals surface area (Å²) in [7, 11) is -2.02. The van der Waals surface area contributed by atoms with E-state index in [2.05, 4.69) is 0 Å². The fourth-order valence-corrected chi connectivity index (χ4v) is 3.93. The summed E-state index contributed by atoms with van der Waals surface area (Å²) in [6, 6.07) is 6.50. The molecule has 0 saturated heterocycles. The van der Waals surface area contributed by atoms with E-state index < -0.39 is 27.2 Å². The van der Waals surface area contributed by atoms with Crippen molar-refractivity contribution < 1.29 is 35.9 Å². The Hall–Kier alpha value is -2.17. The molecule has 0 atom stereocenters. The molecule has 0 amide bonds. The van der Waals surface area contributed by atoms with Gasteiger partial charge in [0.1, 0.15) is 0 Å². The van der Waals surface area contributed by atoms with Crippen LogP contribution in [-0.2, 0) is 25.5 Å². The molecule has 2 rings (SSSR count). The second-order valence-electron chi connectivity index (χ2n) is 6.62. The molecule has 0 fully saturated rings. The Bertz CT molecular complexity index is 1020. The van der Waals surface area contributed by atoms with E-state index in [0.29, 0.717) is 23.2 Å². The third kappa shape index (κ3) is 5.46. The highest BCUT2D eigenvalue weighted by molar-refractivity contribution is 7.90. The van der Waals surface area contributed by atoms with Crippen LogP contribution in [0.2, 0.25) is 0 Å². The van der Waals surface area contributed by atoms with Gasteiger partial charge >= 0.3 is 6.18 Å². The van der Waals surface area contributed by atoms with E-state index >= 15 is 0 Å². The smallest absolute Gasteiger partial charge is 0.417 e. The van der Waals surface area contributed by atoms with E-state index in [1.165, 1.54) is 31.4 Å². The Balaban J connectivity index is 2.57. The number of sulfone groups is 1. The standard InChI is InChI=1S/C19H19F3O5S2/c1-18(2,26-3)17(12-5-7-14(8-6-12)29(4,24)25)15(10-23)27-16-9-13(11-28-16)19(20,21)22/h5-11H,1-4H3/b17-15+. The highest BCUT2D eigenvalue weighted by atomic mass is 32.2. The average Bonchev–Trinajstić information content (AvgIpc) is 3.09. The maximum absolute atomic E-state index is 12.8. The first-order chi connectivity index (χ1) is 13.3. The zero-order chi connectivity index (χ0) is 22.0. The predicted octanol–water partition coefficient (Wildman–Crippen LogP) is 4.58. The lowest BCUT2D eigenvalue weighted by Gasteiger charge is -2.28. The number of hydrogen-bond donors (Lipinski definition) is 0. The van der Waals surface area contributed by atoms with E-state index in [9.17, 15) is 26.4 Å². The maximum atomic E-state index is 12.8. The number of ether oxygens (including phenoxy) is 2. The van der Waals surface area contributed by atoms with Crippen LogP contribution >= 0.6 is 11.3 Å². The molecular weight excluding hydrogens is 429 g/mol. The summed E-state index contributed by atoms with van der Waals surface area (Å²) in [6.07, 6.45) is -3.08. The molecule has 0 aliphatic carbocycles. The van der Waals surface area contributed by atoms with Crippen LogP contribution in [0.4, 0.5) is 13.2 Å². The summed E-state index contributed by atoms with van der Waals surface area (Å²) in [4.78, 5) is 11.8. The molecule has 0 saturated carbocycles. The normalized spacial score (nSPS) is 13.8. The van der Waals surface area contributed by atoms with E-state index in [0.717, 1.165) is 17.7 Å². The molecule has 0 aliphatic heterocycles. The van der Waals surface area contributed by atoms with Crippen molar-refractivity contribution in [3.8, 4) is 5.06 Å². The molecule has 0 radical (unpaired) electrons. The first kappa shape index (κ1) is 23.1. The predicted molar refractivity (Wildman–Crippen MR) is 104 cm³/mol. The number of hydrogen-bond acceptors (Lipinski definition) is 6. The van der Waals surface area contributed by atoms with E-state index in [4.69, 9.17) is 9.47 Å². The minimum absolute atomic E-state index is 0.0810. The molecular formula is C19H19F3O5S2. The zero-order valence-corrected chi connectivity index (χ0v) is 17.7. The van der Waals surface area contributed by atoms with Crippen molar-refractivity contribution in [3.05, 3.63) is 52.6 Å². The minimum atomic E-state index is -4.53. The molecule has 10 heteroatoms. The van der Waals surface area contributed by atoms with E-state index in [1.54, 1.807) is 13.8 Å². The second-order valence-corrected chi connectivity index (χ2v) is 9.51. The Morgan fingerprint density at radius 3 is 2.14 bits per heavy atom. The quantitative estimate of drug-likeness (QED) is 0.352. The van der Waals surface area contributed by atoms with Crippen LogP contribution < -0.4 is 4.74 Å². The molecule has 0 N–H and O–H groups in total. The first-order valence-electron chi connectivity index (χ1n) is 8.18. The van der Waals surface area contributed by atoms with Crippen molar-refractivity contribution in [1.29, 1.82) is 0 Å². The number of thiophene rings is 1. The number of halogens is 3. The van der Waals surface area contributed by atoms with Gasteiger partial charge in [0.25, 0.3) is 0 Å². The van der Waals surface area contributed by atoms with Crippen LogP contribution in [0.25, 0.3) is 5.57 Å². The Morgan fingerprint density at radius 2 is 1.72 bits per heavy atom. The summed E-state index contributed by atoms with van der Waals surface area (Å²) in [5.74, 6) is -0.237. The average molecular weight is 448 g/mol. The molecule has 0 unspecified atom stereocenters. The lowest BCUT2D eigenvalue weighted by atomic mass is 9.90. The van der Waals surface area contributed by atoms with Crippen molar-refractivity contribution in [3.63, 3.8) is 0 Å². The van der Waals surface area contributed by atoms with Crippen LogP contribution in [0.5, 0.6) is 5.06 Å². The number of carbonyl (C=O) groups excluding carboxylic acids is 1. The topological polar surface area (TPSA) is 69.7 Å². The number of allylic oxidation sites excluding steroid dienone is 1. The number of carbonyl (C=O) groups is 1. The third-order valence-corrected chi connectivity index (χ3v) is 6.08. The van der Waals surface area contributed by atoms with Gasteiger partial charge in [-0.05, 0) is 31.5 Å². The lowest BCUT2D eigenvalue weighted by molar-refractivity contribution is -0.137. The SMILES string of the molecule is COC(C)(C)/C(=C(\C=O)Oc1cc(C(F)(F)F)cs1)c1ccc(S(C)(=O)=O)cc1. The number of benzene rings is 1. The Labute approximate surface area is 170 Å². The first-order valence-corrected chi connectivity index (χ1v) is 11.0. The van der Waals surface area contributed by atoms with Crippen LogP contribution in [0.15, 0.2) is 46.4 Å². The van der Waals surface area contributed by atoms with Crippen molar-refractivity contribution in [2.75, 3.05) is 13.4 Å². The van der Waals surface area contributed by atoms with Crippen molar-refractivity contribution in [1.82, 2.24) is 0 Å². The van der Waals surface area contributed by atoms with Gasteiger partial charge < -0.3 is 9.47 Å². The van der Waals surface area contributed by atoms with Crippen LogP contribution in [-0.4, -0.2) is 33.7 Å². The zero-order valence-electron chi connectivity index (χ0n) is 16.0. The molecule has 1 aromatic heterocycles. The van der Waals surface area contributed by atoms with Gasteiger partial charge in [-0.1, -0.05) is 12.1 Å². The van der Waals surface area contributed by atoms with Gasteiger partial charge in [-0.2, -0.15) is 13.2 Å². The van der Waals surface area contributed by atoms with Crippen molar-refractivity contribution in [2.24, 2.45) is 0 Å². The van der Waals surface area contributed by atoms with Gasteiger partial charge in [0, 0.05) is 30.4 Å². The monoisotopic (exact) mass is 448 g/mol. The molecule has 0 spiro atoms.